The second-order valence-electron chi connectivity index (χ2n) is 7.40. The highest BCUT2D eigenvalue weighted by molar-refractivity contribution is 7.93. The van der Waals surface area contributed by atoms with Crippen LogP contribution in [0.25, 0.3) is 0 Å². The molecule has 0 spiro atoms. The van der Waals surface area contributed by atoms with E-state index >= 15 is 0 Å². The van der Waals surface area contributed by atoms with E-state index in [0.29, 0.717) is 5.75 Å². The molecular formula is C22H22Cl2N2O5S2. The van der Waals surface area contributed by atoms with Crippen LogP contribution in [0, 0.1) is 0 Å². The maximum Gasteiger partial charge on any atom is 0.261 e. The lowest BCUT2D eigenvalue weighted by atomic mass is 10.0. The number of methoxy groups -OCH3 is 1. The van der Waals surface area contributed by atoms with Gasteiger partial charge in [-0.05, 0) is 66.1 Å². The van der Waals surface area contributed by atoms with Gasteiger partial charge in [0.05, 0.1) is 32.6 Å². The first kappa shape index (κ1) is 25.2. The van der Waals surface area contributed by atoms with E-state index in [2.05, 4.69) is 9.44 Å². The molecule has 3 rings (SSSR count). The standard InChI is InChI=1S/C22H22Cl2N2O5S2/c1-14(2)18-13-17(11-12-21(18)31-3)33(29,30)25-15-7-9-16(10-8-15)32(27,28)26-20-6-4-5-19(23)22(20)24/h4-14,25-26H,1-3H3. The highest BCUT2D eigenvalue weighted by atomic mass is 35.5. The average molecular weight is 529 g/mol. The van der Waals surface area contributed by atoms with E-state index in [1.165, 1.54) is 49.6 Å². The maximum atomic E-state index is 12.9. The third-order valence-corrected chi connectivity index (χ3v) is 8.33. The van der Waals surface area contributed by atoms with Crippen molar-refractivity contribution in [3.8, 4) is 5.75 Å². The van der Waals surface area contributed by atoms with Crippen molar-refractivity contribution in [2.45, 2.75) is 29.6 Å². The second-order valence-corrected chi connectivity index (χ2v) is 11.5. The normalized spacial score (nSPS) is 11.9. The molecule has 0 bridgehead atoms. The van der Waals surface area contributed by atoms with Crippen LogP contribution >= 0.6 is 23.2 Å². The summed E-state index contributed by atoms with van der Waals surface area (Å²) < 4.78 is 61.2. The van der Waals surface area contributed by atoms with Gasteiger partial charge in [-0.2, -0.15) is 0 Å². The van der Waals surface area contributed by atoms with E-state index in [-0.39, 0.29) is 37.1 Å². The molecule has 2 N–H and O–H groups in total. The maximum absolute atomic E-state index is 12.9. The zero-order valence-electron chi connectivity index (χ0n) is 18.0. The summed E-state index contributed by atoms with van der Waals surface area (Å²) in [6, 6.07) is 14.5. The summed E-state index contributed by atoms with van der Waals surface area (Å²) in [5, 5.41) is 0.285. The third kappa shape index (κ3) is 5.73. The minimum Gasteiger partial charge on any atom is -0.496 e. The fraction of sp³-hybridized carbons (Fsp3) is 0.182. The second kappa shape index (κ2) is 9.80. The summed E-state index contributed by atoms with van der Waals surface area (Å²) in [7, 11) is -6.35. The van der Waals surface area contributed by atoms with Gasteiger partial charge in [-0.1, -0.05) is 43.1 Å². The first-order valence-corrected chi connectivity index (χ1v) is 13.4. The molecule has 0 saturated heterocycles. The molecule has 0 radical (unpaired) electrons. The van der Waals surface area contributed by atoms with Crippen molar-refractivity contribution in [3.63, 3.8) is 0 Å². The Bertz CT molecular complexity index is 1370. The topological polar surface area (TPSA) is 102 Å². The van der Waals surface area contributed by atoms with E-state index in [1.54, 1.807) is 18.2 Å². The largest absolute Gasteiger partial charge is 0.496 e. The molecule has 0 aliphatic carbocycles. The van der Waals surface area contributed by atoms with Crippen molar-refractivity contribution in [1.82, 2.24) is 0 Å². The minimum absolute atomic E-state index is 0.0556. The van der Waals surface area contributed by atoms with Crippen LogP contribution in [0.5, 0.6) is 5.75 Å². The fourth-order valence-electron chi connectivity index (χ4n) is 3.03. The Balaban J connectivity index is 1.83. The molecule has 7 nitrogen and oxygen atoms in total. The molecule has 0 heterocycles. The number of nitrogens with one attached hydrogen (secondary N) is 2. The van der Waals surface area contributed by atoms with Crippen LogP contribution in [0.4, 0.5) is 11.4 Å². The zero-order chi connectivity index (χ0) is 24.4. The Morgan fingerprint density at radius 1 is 0.818 bits per heavy atom. The first-order valence-electron chi connectivity index (χ1n) is 9.72. The predicted molar refractivity (Wildman–Crippen MR) is 132 cm³/mol. The molecule has 0 amide bonds. The molecule has 0 saturated carbocycles. The molecule has 33 heavy (non-hydrogen) atoms. The van der Waals surface area contributed by atoms with Gasteiger partial charge in [0, 0.05) is 5.69 Å². The van der Waals surface area contributed by atoms with Crippen molar-refractivity contribution in [2.24, 2.45) is 0 Å². The smallest absolute Gasteiger partial charge is 0.261 e. The summed E-state index contributed by atoms with van der Waals surface area (Å²) in [6.45, 7) is 3.87. The Kier molecular flexibility index (Phi) is 7.48. The third-order valence-electron chi connectivity index (χ3n) is 4.75. The first-order chi connectivity index (χ1) is 15.4. The highest BCUT2D eigenvalue weighted by Crippen LogP contribution is 2.32. The lowest BCUT2D eigenvalue weighted by Gasteiger charge is -2.15. The molecule has 0 aliphatic heterocycles. The number of hydrogen-bond donors (Lipinski definition) is 2. The zero-order valence-corrected chi connectivity index (χ0v) is 21.1. The number of anilines is 2. The molecular weight excluding hydrogens is 507 g/mol. The number of benzene rings is 3. The summed E-state index contributed by atoms with van der Waals surface area (Å²) in [4.78, 5) is -0.00556. The van der Waals surface area contributed by atoms with E-state index in [0.717, 1.165) is 5.56 Å². The summed E-state index contributed by atoms with van der Waals surface area (Å²) in [6.07, 6.45) is 0. The number of sulfonamides is 2. The quantitative estimate of drug-likeness (QED) is 0.388. The molecule has 0 aromatic heterocycles. The number of halogens is 2. The molecule has 3 aromatic carbocycles. The molecule has 11 heteroatoms. The van der Waals surface area contributed by atoms with Crippen LogP contribution in [-0.4, -0.2) is 23.9 Å². The Hall–Kier alpha value is -2.46. The molecule has 0 atom stereocenters. The van der Waals surface area contributed by atoms with E-state index < -0.39 is 20.0 Å². The molecule has 0 fully saturated rings. The number of ether oxygens (including phenoxy) is 1. The van der Waals surface area contributed by atoms with Crippen LogP contribution in [0.15, 0.2) is 70.5 Å². The van der Waals surface area contributed by atoms with Gasteiger partial charge in [-0.15, -0.1) is 0 Å². The SMILES string of the molecule is COc1ccc(S(=O)(=O)Nc2ccc(S(=O)(=O)Nc3cccc(Cl)c3Cl)cc2)cc1C(C)C. The van der Waals surface area contributed by atoms with E-state index in [9.17, 15) is 16.8 Å². The number of rotatable bonds is 8. The van der Waals surface area contributed by atoms with Gasteiger partial charge in [0.1, 0.15) is 5.75 Å². The molecule has 0 unspecified atom stereocenters. The van der Waals surface area contributed by atoms with Gasteiger partial charge in [0.2, 0.25) is 0 Å². The van der Waals surface area contributed by atoms with Crippen molar-refractivity contribution in [2.75, 3.05) is 16.6 Å². The van der Waals surface area contributed by atoms with Gasteiger partial charge in [-0.3, -0.25) is 9.44 Å². The monoisotopic (exact) mass is 528 g/mol. The van der Waals surface area contributed by atoms with E-state index in [4.69, 9.17) is 27.9 Å². The van der Waals surface area contributed by atoms with Gasteiger partial charge in [0.25, 0.3) is 20.0 Å². The Morgan fingerprint density at radius 3 is 2.03 bits per heavy atom. The van der Waals surface area contributed by atoms with Crippen LogP contribution < -0.4 is 14.2 Å². The predicted octanol–water partition coefficient (Wildman–Crippen LogP) is 5.73. The molecule has 3 aromatic rings. The van der Waals surface area contributed by atoms with Crippen LogP contribution in [-0.2, 0) is 20.0 Å². The van der Waals surface area contributed by atoms with Gasteiger partial charge >= 0.3 is 0 Å². The van der Waals surface area contributed by atoms with E-state index in [1.807, 2.05) is 13.8 Å². The average Bonchev–Trinajstić information content (AvgIpc) is 2.76. The number of hydrogen-bond acceptors (Lipinski definition) is 5. The fourth-order valence-corrected chi connectivity index (χ4v) is 5.60. The molecule has 0 aliphatic rings. The van der Waals surface area contributed by atoms with Crippen molar-refractivity contribution in [1.29, 1.82) is 0 Å². The Morgan fingerprint density at radius 2 is 1.42 bits per heavy atom. The molecule has 176 valence electrons. The van der Waals surface area contributed by atoms with Gasteiger partial charge in [0.15, 0.2) is 0 Å². The lowest BCUT2D eigenvalue weighted by Crippen LogP contribution is -2.15. The van der Waals surface area contributed by atoms with Crippen molar-refractivity contribution < 1.29 is 21.6 Å². The van der Waals surface area contributed by atoms with Gasteiger partial charge in [-0.25, -0.2) is 16.8 Å². The van der Waals surface area contributed by atoms with Crippen LogP contribution in [0.3, 0.4) is 0 Å². The van der Waals surface area contributed by atoms with Gasteiger partial charge < -0.3 is 4.74 Å². The van der Waals surface area contributed by atoms with Crippen molar-refractivity contribution >= 4 is 54.6 Å². The summed E-state index contributed by atoms with van der Waals surface area (Å²) >= 11 is 12.0. The highest BCUT2D eigenvalue weighted by Gasteiger charge is 2.20. The van der Waals surface area contributed by atoms with Crippen LogP contribution in [0.2, 0.25) is 10.0 Å². The summed E-state index contributed by atoms with van der Waals surface area (Å²) in [5.74, 6) is 0.658. The summed E-state index contributed by atoms with van der Waals surface area (Å²) in [5.41, 5.74) is 1.10. The Labute approximate surface area is 203 Å². The minimum atomic E-state index is -3.97. The lowest BCUT2D eigenvalue weighted by molar-refractivity contribution is 0.407. The van der Waals surface area contributed by atoms with Crippen molar-refractivity contribution in [3.05, 3.63) is 76.3 Å². The van der Waals surface area contributed by atoms with Crippen LogP contribution in [0.1, 0.15) is 25.3 Å².